The molecule has 6 nitrogen and oxygen atoms in total. The van der Waals surface area contributed by atoms with Crippen molar-refractivity contribution >= 4 is 21.9 Å². The topological polar surface area (TPSA) is 71.0 Å². The summed E-state index contributed by atoms with van der Waals surface area (Å²) in [5.41, 5.74) is 0.285. The number of ether oxygens (including phenoxy) is 3. The molecule has 6 heteroatoms. The van der Waals surface area contributed by atoms with Gasteiger partial charge < -0.3 is 23.0 Å². The molecule has 0 aliphatic rings. The molecule has 0 fully saturated rings. The van der Waals surface area contributed by atoms with Crippen LogP contribution in [0.25, 0.3) is 21.9 Å². The number of fused-ring (bicyclic) bond motifs is 3. The van der Waals surface area contributed by atoms with Crippen molar-refractivity contribution < 1.29 is 23.0 Å². The second-order valence-electron chi connectivity index (χ2n) is 4.07. The van der Waals surface area contributed by atoms with Gasteiger partial charge in [-0.25, -0.2) is 4.79 Å². The minimum atomic E-state index is -0.510. The van der Waals surface area contributed by atoms with Crippen LogP contribution in [0.3, 0.4) is 0 Å². The summed E-state index contributed by atoms with van der Waals surface area (Å²) in [5, 5.41) is 1.15. The summed E-state index contributed by atoms with van der Waals surface area (Å²) in [5.74, 6) is 1.17. The van der Waals surface area contributed by atoms with Crippen molar-refractivity contribution in [3.8, 4) is 17.2 Å². The molecule has 2 heterocycles. The fourth-order valence-corrected chi connectivity index (χ4v) is 2.30. The molecule has 0 saturated heterocycles. The lowest BCUT2D eigenvalue weighted by Crippen LogP contribution is -2.01. The Morgan fingerprint density at radius 3 is 2.40 bits per heavy atom. The van der Waals surface area contributed by atoms with Crippen LogP contribution in [-0.4, -0.2) is 21.3 Å². The first-order chi connectivity index (χ1) is 9.71. The van der Waals surface area contributed by atoms with Gasteiger partial charge in [-0.2, -0.15) is 0 Å². The van der Waals surface area contributed by atoms with Crippen LogP contribution in [0, 0.1) is 0 Å². The predicted octanol–water partition coefficient (Wildman–Crippen LogP) is 2.57. The monoisotopic (exact) mass is 276 g/mol. The first kappa shape index (κ1) is 12.4. The summed E-state index contributed by atoms with van der Waals surface area (Å²) in [4.78, 5) is 11.6. The Labute approximate surface area is 113 Å². The van der Waals surface area contributed by atoms with Gasteiger partial charge in [-0.05, 0) is 6.07 Å². The summed E-state index contributed by atoms with van der Waals surface area (Å²) in [7, 11) is 4.48. The van der Waals surface area contributed by atoms with Crippen LogP contribution in [0.2, 0.25) is 0 Å². The summed E-state index contributed by atoms with van der Waals surface area (Å²) < 4.78 is 26.7. The molecule has 20 heavy (non-hydrogen) atoms. The third kappa shape index (κ3) is 1.54. The SMILES string of the molecule is COc1c(OC)c2c(OC)cc(=O)oc2c2ccoc12. The van der Waals surface area contributed by atoms with Crippen LogP contribution in [0.15, 0.2) is 32.0 Å². The van der Waals surface area contributed by atoms with Gasteiger partial charge in [-0.1, -0.05) is 0 Å². The minimum absolute atomic E-state index is 0.343. The summed E-state index contributed by atoms with van der Waals surface area (Å²) in [6.45, 7) is 0. The highest BCUT2D eigenvalue weighted by molar-refractivity contribution is 6.11. The molecular weight excluding hydrogens is 264 g/mol. The van der Waals surface area contributed by atoms with E-state index in [0.717, 1.165) is 0 Å². The molecule has 2 aromatic heterocycles. The fraction of sp³-hybridized carbons (Fsp3) is 0.214. The Morgan fingerprint density at radius 2 is 1.75 bits per heavy atom. The van der Waals surface area contributed by atoms with E-state index in [-0.39, 0.29) is 0 Å². The molecule has 3 rings (SSSR count). The van der Waals surface area contributed by atoms with E-state index in [1.54, 1.807) is 6.07 Å². The van der Waals surface area contributed by atoms with Gasteiger partial charge in [0.1, 0.15) is 11.1 Å². The summed E-state index contributed by atoms with van der Waals surface area (Å²) in [6, 6.07) is 2.96. The Balaban J connectivity index is 2.65. The Kier molecular flexibility index (Phi) is 2.78. The average Bonchev–Trinajstić information content (AvgIpc) is 2.94. The van der Waals surface area contributed by atoms with Gasteiger partial charge in [0.05, 0.1) is 39.0 Å². The number of hydrogen-bond acceptors (Lipinski definition) is 6. The summed E-state index contributed by atoms with van der Waals surface area (Å²) in [6.07, 6.45) is 1.49. The zero-order valence-electron chi connectivity index (χ0n) is 11.2. The molecule has 0 saturated carbocycles. The van der Waals surface area contributed by atoms with Gasteiger partial charge in [0.2, 0.25) is 5.75 Å². The van der Waals surface area contributed by atoms with Crippen molar-refractivity contribution in [2.45, 2.75) is 0 Å². The predicted molar refractivity (Wildman–Crippen MR) is 71.9 cm³/mol. The van der Waals surface area contributed by atoms with E-state index >= 15 is 0 Å². The van der Waals surface area contributed by atoms with E-state index in [2.05, 4.69) is 0 Å². The van der Waals surface area contributed by atoms with E-state index < -0.39 is 5.63 Å². The summed E-state index contributed by atoms with van der Waals surface area (Å²) >= 11 is 0. The van der Waals surface area contributed by atoms with E-state index in [9.17, 15) is 4.79 Å². The lowest BCUT2D eigenvalue weighted by Gasteiger charge is -2.13. The molecule has 0 aliphatic heterocycles. The molecule has 0 N–H and O–H groups in total. The van der Waals surface area contributed by atoms with Gasteiger partial charge in [0, 0.05) is 0 Å². The van der Waals surface area contributed by atoms with E-state index in [1.165, 1.54) is 33.7 Å². The van der Waals surface area contributed by atoms with Crippen LogP contribution in [-0.2, 0) is 0 Å². The molecule has 0 bridgehead atoms. The molecule has 0 spiro atoms. The number of methoxy groups -OCH3 is 3. The molecule has 0 atom stereocenters. The third-order valence-corrected chi connectivity index (χ3v) is 3.10. The normalized spacial score (nSPS) is 10.9. The van der Waals surface area contributed by atoms with E-state index in [1.807, 2.05) is 0 Å². The van der Waals surface area contributed by atoms with Crippen molar-refractivity contribution in [3.05, 3.63) is 28.8 Å². The Bertz CT molecular complexity index is 842. The maximum absolute atomic E-state index is 11.6. The largest absolute Gasteiger partial charge is 0.496 e. The molecular formula is C14H12O6. The van der Waals surface area contributed by atoms with Crippen LogP contribution < -0.4 is 19.8 Å². The molecule has 0 radical (unpaired) electrons. The lowest BCUT2D eigenvalue weighted by molar-refractivity contribution is 0.353. The van der Waals surface area contributed by atoms with Crippen molar-refractivity contribution in [2.75, 3.05) is 21.3 Å². The number of benzene rings is 1. The van der Waals surface area contributed by atoms with Crippen LogP contribution >= 0.6 is 0 Å². The van der Waals surface area contributed by atoms with Gasteiger partial charge in [-0.15, -0.1) is 0 Å². The molecule has 104 valence electrons. The van der Waals surface area contributed by atoms with Gasteiger partial charge in [0.25, 0.3) is 0 Å². The highest BCUT2D eigenvalue weighted by Crippen LogP contribution is 2.46. The zero-order valence-corrected chi connectivity index (χ0v) is 11.2. The Hall–Kier alpha value is -2.63. The van der Waals surface area contributed by atoms with Crippen molar-refractivity contribution in [1.29, 1.82) is 0 Å². The Morgan fingerprint density at radius 1 is 1.00 bits per heavy atom. The molecule has 1 aromatic carbocycles. The highest BCUT2D eigenvalue weighted by Gasteiger charge is 2.23. The van der Waals surface area contributed by atoms with Crippen LogP contribution in [0.1, 0.15) is 0 Å². The maximum Gasteiger partial charge on any atom is 0.339 e. The van der Waals surface area contributed by atoms with Crippen LogP contribution in [0.4, 0.5) is 0 Å². The quantitative estimate of drug-likeness (QED) is 0.685. The first-order valence-corrected chi connectivity index (χ1v) is 5.84. The smallest absolute Gasteiger partial charge is 0.339 e. The molecule has 0 unspecified atom stereocenters. The average molecular weight is 276 g/mol. The van der Waals surface area contributed by atoms with Gasteiger partial charge >= 0.3 is 5.63 Å². The lowest BCUT2D eigenvalue weighted by atomic mass is 10.1. The molecule has 0 amide bonds. The van der Waals surface area contributed by atoms with Gasteiger partial charge in [-0.3, -0.25) is 0 Å². The van der Waals surface area contributed by atoms with Crippen molar-refractivity contribution in [3.63, 3.8) is 0 Å². The van der Waals surface area contributed by atoms with Crippen molar-refractivity contribution in [1.82, 2.24) is 0 Å². The zero-order chi connectivity index (χ0) is 14.3. The third-order valence-electron chi connectivity index (χ3n) is 3.10. The van der Waals surface area contributed by atoms with Crippen molar-refractivity contribution in [2.24, 2.45) is 0 Å². The maximum atomic E-state index is 11.6. The number of furan rings is 1. The number of rotatable bonds is 3. The van der Waals surface area contributed by atoms with E-state index in [0.29, 0.717) is 39.2 Å². The van der Waals surface area contributed by atoms with E-state index in [4.69, 9.17) is 23.0 Å². The first-order valence-electron chi connectivity index (χ1n) is 5.84. The minimum Gasteiger partial charge on any atom is -0.496 e. The second-order valence-corrected chi connectivity index (χ2v) is 4.07. The van der Waals surface area contributed by atoms with Crippen LogP contribution in [0.5, 0.6) is 17.2 Å². The standard InChI is InChI=1S/C14H12O6/c1-16-8-6-9(15)20-11-7-4-5-19-12(7)14(18-3)13(17-2)10(8)11/h4-6H,1-3H3. The molecule has 0 aliphatic carbocycles. The molecule has 3 aromatic rings. The highest BCUT2D eigenvalue weighted by atomic mass is 16.5. The van der Waals surface area contributed by atoms with Gasteiger partial charge in [0.15, 0.2) is 16.9 Å². The second kappa shape index (κ2) is 4.48. The fourth-order valence-electron chi connectivity index (χ4n) is 2.30. The number of hydrogen-bond donors (Lipinski definition) is 0.